The van der Waals surface area contributed by atoms with E-state index in [0.29, 0.717) is 32.5 Å². The first-order chi connectivity index (χ1) is 13.0. The molecule has 5 nitrogen and oxygen atoms in total. The third-order valence-corrected chi connectivity index (χ3v) is 7.20. The van der Waals surface area contributed by atoms with Gasteiger partial charge in [-0.25, -0.2) is 13.2 Å². The first-order valence-corrected chi connectivity index (χ1v) is 11.1. The highest BCUT2D eigenvalue weighted by Gasteiger charge is 2.31. The lowest BCUT2D eigenvalue weighted by atomic mass is 10.1. The standard InChI is InChI=1S/C21H26N2O3S/c24-21(22-14-11-18-7-3-1-4-8-18)23-15-12-20(13-16-23)27(25,26)17-19-9-5-2-6-10-19/h1-10,20H,11-17H2,(H,22,24). The van der Waals surface area contributed by atoms with Crippen LogP contribution < -0.4 is 5.32 Å². The van der Waals surface area contributed by atoms with Crippen molar-refractivity contribution >= 4 is 15.9 Å². The van der Waals surface area contributed by atoms with Crippen LogP contribution in [0.15, 0.2) is 60.7 Å². The topological polar surface area (TPSA) is 66.5 Å². The lowest BCUT2D eigenvalue weighted by Crippen LogP contribution is -2.47. The van der Waals surface area contributed by atoms with Gasteiger partial charge < -0.3 is 10.2 Å². The summed E-state index contributed by atoms with van der Waals surface area (Å²) < 4.78 is 25.3. The quantitative estimate of drug-likeness (QED) is 0.830. The summed E-state index contributed by atoms with van der Waals surface area (Å²) in [5.41, 5.74) is 2.00. The van der Waals surface area contributed by atoms with Gasteiger partial charge >= 0.3 is 6.03 Å². The largest absolute Gasteiger partial charge is 0.338 e. The van der Waals surface area contributed by atoms with E-state index < -0.39 is 9.84 Å². The normalized spacial score (nSPS) is 15.5. The Morgan fingerprint density at radius 1 is 0.926 bits per heavy atom. The molecule has 0 aliphatic carbocycles. The van der Waals surface area contributed by atoms with Crippen LogP contribution in [0.25, 0.3) is 0 Å². The molecule has 1 N–H and O–H groups in total. The van der Waals surface area contributed by atoms with Gasteiger partial charge in [0.1, 0.15) is 0 Å². The Labute approximate surface area is 161 Å². The van der Waals surface area contributed by atoms with Crippen LogP contribution in [0.3, 0.4) is 0 Å². The van der Waals surface area contributed by atoms with Crippen LogP contribution in [0, 0.1) is 0 Å². The molecule has 27 heavy (non-hydrogen) atoms. The van der Waals surface area contributed by atoms with Gasteiger partial charge in [0.15, 0.2) is 9.84 Å². The molecule has 1 aliphatic rings. The summed E-state index contributed by atoms with van der Waals surface area (Å²) in [6.45, 7) is 1.54. The summed E-state index contributed by atoms with van der Waals surface area (Å²) in [5, 5.41) is 2.56. The van der Waals surface area contributed by atoms with Crippen molar-refractivity contribution in [1.82, 2.24) is 10.2 Å². The van der Waals surface area contributed by atoms with Crippen molar-refractivity contribution in [3.8, 4) is 0 Å². The number of hydrogen-bond donors (Lipinski definition) is 1. The fourth-order valence-corrected chi connectivity index (χ4v) is 5.23. The Balaban J connectivity index is 1.44. The fourth-order valence-electron chi connectivity index (χ4n) is 3.41. The number of amides is 2. The molecule has 0 atom stereocenters. The lowest BCUT2D eigenvalue weighted by Gasteiger charge is -2.31. The number of hydrogen-bond acceptors (Lipinski definition) is 3. The van der Waals surface area contributed by atoms with Gasteiger partial charge in [-0.2, -0.15) is 0 Å². The third-order valence-electron chi connectivity index (χ3n) is 4.98. The summed E-state index contributed by atoms with van der Waals surface area (Å²) in [6.07, 6.45) is 1.79. The van der Waals surface area contributed by atoms with Crippen molar-refractivity contribution in [2.75, 3.05) is 19.6 Å². The highest BCUT2D eigenvalue weighted by Crippen LogP contribution is 2.21. The van der Waals surface area contributed by atoms with Gasteiger partial charge in [-0.15, -0.1) is 0 Å². The second kappa shape index (κ2) is 9.04. The number of carbonyl (C=O) groups is 1. The molecule has 2 aromatic rings. The maximum absolute atomic E-state index is 12.6. The summed E-state index contributed by atoms with van der Waals surface area (Å²) in [5.74, 6) is 0.0712. The Kier molecular flexibility index (Phi) is 6.50. The molecule has 2 amide bonds. The molecule has 0 bridgehead atoms. The van der Waals surface area contributed by atoms with Crippen LogP contribution in [0.1, 0.15) is 24.0 Å². The first kappa shape index (κ1) is 19.4. The van der Waals surface area contributed by atoms with Crippen molar-refractivity contribution in [2.45, 2.75) is 30.3 Å². The molecule has 0 aromatic heterocycles. The molecular weight excluding hydrogens is 360 g/mol. The summed E-state index contributed by atoms with van der Waals surface area (Å²) in [7, 11) is -3.20. The van der Waals surface area contributed by atoms with Crippen LogP contribution >= 0.6 is 0 Å². The van der Waals surface area contributed by atoms with Gasteiger partial charge in [0.25, 0.3) is 0 Å². The number of benzene rings is 2. The number of urea groups is 1. The van der Waals surface area contributed by atoms with E-state index in [4.69, 9.17) is 0 Å². The van der Waals surface area contributed by atoms with Crippen LogP contribution in [0.2, 0.25) is 0 Å². The molecule has 0 unspecified atom stereocenters. The maximum Gasteiger partial charge on any atom is 0.317 e. The zero-order valence-corrected chi connectivity index (χ0v) is 16.2. The Morgan fingerprint density at radius 2 is 1.48 bits per heavy atom. The molecule has 0 radical (unpaired) electrons. The van der Waals surface area contributed by atoms with Crippen LogP contribution in [0.5, 0.6) is 0 Å². The van der Waals surface area contributed by atoms with Crippen molar-refractivity contribution in [1.29, 1.82) is 0 Å². The number of carbonyl (C=O) groups excluding carboxylic acids is 1. The number of nitrogens with zero attached hydrogens (tertiary/aromatic N) is 1. The Hall–Kier alpha value is -2.34. The average Bonchev–Trinajstić information content (AvgIpc) is 2.69. The summed E-state index contributed by atoms with van der Waals surface area (Å²) in [6, 6.07) is 19.2. The average molecular weight is 387 g/mol. The van der Waals surface area contributed by atoms with Crippen LogP contribution in [-0.2, 0) is 22.0 Å². The van der Waals surface area contributed by atoms with Crippen molar-refractivity contribution in [3.63, 3.8) is 0 Å². The highest BCUT2D eigenvalue weighted by atomic mass is 32.2. The zero-order chi connectivity index (χ0) is 19.1. The van der Waals surface area contributed by atoms with Crippen LogP contribution in [-0.4, -0.2) is 44.2 Å². The van der Waals surface area contributed by atoms with Crippen molar-refractivity contribution in [2.24, 2.45) is 0 Å². The summed E-state index contributed by atoms with van der Waals surface area (Å²) >= 11 is 0. The molecule has 0 spiro atoms. The minimum atomic E-state index is -3.20. The predicted octanol–water partition coefficient (Wildman–Crippen LogP) is 3.02. The van der Waals surface area contributed by atoms with Crippen molar-refractivity contribution < 1.29 is 13.2 Å². The highest BCUT2D eigenvalue weighted by molar-refractivity contribution is 7.91. The van der Waals surface area contributed by atoms with E-state index in [1.165, 1.54) is 5.56 Å². The lowest BCUT2D eigenvalue weighted by molar-refractivity contribution is 0.187. The van der Waals surface area contributed by atoms with Crippen LogP contribution in [0.4, 0.5) is 4.79 Å². The van der Waals surface area contributed by atoms with E-state index in [1.807, 2.05) is 60.7 Å². The van der Waals surface area contributed by atoms with E-state index in [9.17, 15) is 13.2 Å². The third kappa shape index (κ3) is 5.57. The molecule has 1 heterocycles. The number of piperidine rings is 1. The van der Waals surface area contributed by atoms with Gasteiger partial charge in [0.05, 0.1) is 11.0 Å². The van der Waals surface area contributed by atoms with Gasteiger partial charge in [-0.1, -0.05) is 60.7 Å². The van der Waals surface area contributed by atoms with Gasteiger partial charge in [-0.05, 0) is 30.4 Å². The molecule has 2 aromatic carbocycles. The number of likely N-dealkylation sites (tertiary alicyclic amines) is 1. The molecular formula is C21H26N2O3S. The Bertz CT molecular complexity index is 830. The SMILES string of the molecule is O=C(NCCc1ccccc1)N1CCC(S(=O)(=O)Cc2ccccc2)CC1. The zero-order valence-electron chi connectivity index (χ0n) is 15.4. The minimum Gasteiger partial charge on any atom is -0.338 e. The molecule has 144 valence electrons. The molecule has 0 saturated carbocycles. The van der Waals surface area contributed by atoms with E-state index in [0.717, 1.165) is 12.0 Å². The predicted molar refractivity (Wildman–Crippen MR) is 107 cm³/mol. The number of nitrogens with one attached hydrogen (secondary N) is 1. The van der Waals surface area contributed by atoms with E-state index in [1.54, 1.807) is 4.90 Å². The van der Waals surface area contributed by atoms with Gasteiger partial charge in [0.2, 0.25) is 0 Å². The number of rotatable bonds is 6. The molecule has 1 fully saturated rings. The van der Waals surface area contributed by atoms with Gasteiger partial charge in [0, 0.05) is 19.6 Å². The minimum absolute atomic E-state index is 0.0712. The molecule has 6 heteroatoms. The second-order valence-electron chi connectivity index (χ2n) is 6.95. The smallest absolute Gasteiger partial charge is 0.317 e. The van der Waals surface area contributed by atoms with Gasteiger partial charge in [-0.3, -0.25) is 0 Å². The van der Waals surface area contributed by atoms with E-state index in [2.05, 4.69) is 5.32 Å². The van der Waals surface area contributed by atoms with E-state index in [-0.39, 0.29) is 17.0 Å². The monoisotopic (exact) mass is 386 g/mol. The Morgan fingerprint density at radius 3 is 2.07 bits per heavy atom. The number of sulfone groups is 1. The van der Waals surface area contributed by atoms with E-state index >= 15 is 0 Å². The van der Waals surface area contributed by atoms with Crippen molar-refractivity contribution in [3.05, 3.63) is 71.8 Å². The first-order valence-electron chi connectivity index (χ1n) is 9.37. The molecule has 3 rings (SSSR count). The maximum atomic E-state index is 12.6. The second-order valence-corrected chi connectivity index (χ2v) is 9.23. The molecule has 1 saturated heterocycles. The summed E-state index contributed by atoms with van der Waals surface area (Å²) in [4.78, 5) is 14.0. The fraction of sp³-hybridized carbons (Fsp3) is 0.381. The molecule has 1 aliphatic heterocycles.